The lowest BCUT2D eigenvalue weighted by molar-refractivity contribution is 0.112. The van der Waals surface area contributed by atoms with Crippen molar-refractivity contribution in [2.45, 2.75) is 0 Å². The third-order valence-corrected chi connectivity index (χ3v) is 2.19. The largest absolute Gasteiger partial charge is 0.457 e. The maximum Gasteiger partial charge on any atom is 0.150 e. The third-order valence-electron chi connectivity index (χ3n) is 2.19. The average Bonchev–Trinajstić information content (AvgIpc) is 2.40. The van der Waals surface area contributed by atoms with Crippen LogP contribution in [-0.4, -0.2) is 6.29 Å². The second kappa shape index (κ2) is 5.03. The van der Waals surface area contributed by atoms with Gasteiger partial charge in [0.15, 0.2) is 0 Å². The fraction of sp³-hybridized carbons (Fsp3) is 0. The van der Waals surface area contributed by atoms with Crippen molar-refractivity contribution in [1.82, 2.24) is 0 Å². The predicted octanol–water partition coefficient (Wildman–Crippen LogP) is 3.69. The van der Waals surface area contributed by atoms with Crippen LogP contribution in [0.4, 0.5) is 5.69 Å². The van der Waals surface area contributed by atoms with Gasteiger partial charge in [-0.2, -0.15) is 0 Å². The van der Waals surface area contributed by atoms with Crippen LogP contribution in [0.25, 0.3) is 0 Å². The first kappa shape index (κ1) is 11.0. The molecule has 0 bridgehead atoms. The molecule has 4 heteroatoms. The highest BCUT2D eigenvalue weighted by atomic mass is 16.5. The van der Waals surface area contributed by atoms with Gasteiger partial charge in [0.25, 0.3) is 0 Å². The van der Waals surface area contributed by atoms with Crippen molar-refractivity contribution in [3.63, 3.8) is 0 Å². The van der Waals surface area contributed by atoms with E-state index in [4.69, 9.17) is 4.74 Å². The third kappa shape index (κ3) is 2.75. The van der Waals surface area contributed by atoms with Gasteiger partial charge in [0.1, 0.15) is 23.5 Å². The molecule has 0 N–H and O–H groups in total. The Hall–Kier alpha value is -2.49. The lowest BCUT2D eigenvalue weighted by Crippen LogP contribution is -1.84. The molecule has 0 amide bonds. The highest BCUT2D eigenvalue weighted by molar-refractivity contribution is 5.74. The van der Waals surface area contributed by atoms with E-state index in [2.05, 4.69) is 5.18 Å². The predicted molar refractivity (Wildman–Crippen MR) is 63.8 cm³/mol. The Morgan fingerprint density at radius 2 is 1.41 bits per heavy atom. The number of ether oxygens (including phenoxy) is 1. The molecule has 17 heavy (non-hydrogen) atoms. The number of hydrogen-bond donors (Lipinski definition) is 0. The molecular weight excluding hydrogens is 218 g/mol. The van der Waals surface area contributed by atoms with Gasteiger partial charge in [-0.25, -0.2) is 0 Å². The van der Waals surface area contributed by atoms with Crippen molar-refractivity contribution < 1.29 is 9.53 Å². The lowest BCUT2D eigenvalue weighted by atomic mass is 10.2. The van der Waals surface area contributed by atoms with Gasteiger partial charge in [0.05, 0.1) is 0 Å². The first-order valence-corrected chi connectivity index (χ1v) is 4.98. The molecule has 0 fully saturated rings. The van der Waals surface area contributed by atoms with Crippen molar-refractivity contribution in [3.8, 4) is 11.5 Å². The van der Waals surface area contributed by atoms with E-state index in [9.17, 15) is 9.70 Å². The fourth-order valence-corrected chi connectivity index (χ4v) is 1.33. The van der Waals surface area contributed by atoms with Crippen LogP contribution in [0.5, 0.6) is 11.5 Å². The van der Waals surface area contributed by atoms with E-state index in [1.165, 1.54) is 0 Å². The number of nitrogens with zero attached hydrogens (tertiary/aromatic N) is 1. The maximum atomic E-state index is 10.5. The van der Waals surface area contributed by atoms with Crippen molar-refractivity contribution in [3.05, 3.63) is 59.0 Å². The van der Waals surface area contributed by atoms with E-state index in [0.29, 0.717) is 22.7 Å². The molecule has 0 spiro atoms. The highest BCUT2D eigenvalue weighted by Gasteiger charge is 1.98. The molecular formula is C13H9NO3. The minimum Gasteiger partial charge on any atom is -0.457 e. The van der Waals surface area contributed by atoms with Gasteiger partial charge in [-0.3, -0.25) is 4.79 Å². The Labute approximate surface area is 97.8 Å². The second-order valence-corrected chi connectivity index (χ2v) is 3.37. The van der Waals surface area contributed by atoms with Crippen molar-refractivity contribution in [2.24, 2.45) is 5.18 Å². The summed E-state index contributed by atoms with van der Waals surface area (Å²) in [5.74, 6) is 1.23. The molecule has 2 aromatic rings. The van der Waals surface area contributed by atoms with Gasteiger partial charge in [0.2, 0.25) is 0 Å². The van der Waals surface area contributed by atoms with Crippen LogP contribution in [0.2, 0.25) is 0 Å². The standard InChI is InChI=1S/C13H9NO3/c15-9-10-1-5-12(6-2-10)17-13-7-3-11(14-16)4-8-13/h1-9H. The van der Waals surface area contributed by atoms with E-state index in [1.54, 1.807) is 48.5 Å². The number of rotatable bonds is 4. The highest BCUT2D eigenvalue weighted by Crippen LogP contribution is 2.23. The van der Waals surface area contributed by atoms with Gasteiger partial charge < -0.3 is 4.74 Å². The van der Waals surface area contributed by atoms with Crippen LogP contribution < -0.4 is 4.74 Å². The Morgan fingerprint density at radius 1 is 0.882 bits per heavy atom. The van der Waals surface area contributed by atoms with E-state index >= 15 is 0 Å². The molecule has 0 unspecified atom stereocenters. The Bertz CT molecular complexity index is 468. The molecule has 0 atom stereocenters. The van der Waals surface area contributed by atoms with Crippen LogP contribution in [0.15, 0.2) is 53.7 Å². The van der Waals surface area contributed by atoms with Gasteiger partial charge >= 0.3 is 0 Å². The monoisotopic (exact) mass is 227 g/mol. The van der Waals surface area contributed by atoms with Gasteiger partial charge in [-0.05, 0) is 53.7 Å². The second-order valence-electron chi connectivity index (χ2n) is 3.37. The summed E-state index contributed by atoms with van der Waals surface area (Å²) in [6.07, 6.45) is 0.772. The topological polar surface area (TPSA) is 55.7 Å². The first-order chi connectivity index (χ1) is 8.31. The summed E-state index contributed by atoms with van der Waals surface area (Å²) >= 11 is 0. The first-order valence-electron chi connectivity index (χ1n) is 4.98. The molecule has 0 radical (unpaired) electrons. The van der Waals surface area contributed by atoms with E-state index in [1.807, 2.05) is 0 Å². The molecule has 0 saturated carbocycles. The van der Waals surface area contributed by atoms with Crippen LogP contribution in [0, 0.1) is 4.91 Å². The Kier molecular flexibility index (Phi) is 3.25. The van der Waals surface area contributed by atoms with E-state index in [-0.39, 0.29) is 0 Å². The minimum atomic E-state index is 0.355. The van der Waals surface area contributed by atoms with Crippen molar-refractivity contribution >= 4 is 12.0 Å². The zero-order chi connectivity index (χ0) is 12.1. The van der Waals surface area contributed by atoms with Crippen LogP contribution >= 0.6 is 0 Å². The molecule has 0 aliphatic carbocycles. The summed E-state index contributed by atoms with van der Waals surface area (Å²) in [7, 11) is 0. The average molecular weight is 227 g/mol. The van der Waals surface area contributed by atoms with Crippen LogP contribution in [0.3, 0.4) is 0 Å². The Balaban J connectivity index is 2.13. The minimum absolute atomic E-state index is 0.355. The van der Waals surface area contributed by atoms with E-state index in [0.717, 1.165) is 6.29 Å². The quantitative estimate of drug-likeness (QED) is 0.591. The molecule has 0 aromatic heterocycles. The Morgan fingerprint density at radius 3 is 1.88 bits per heavy atom. The molecule has 0 saturated heterocycles. The van der Waals surface area contributed by atoms with Gasteiger partial charge in [-0.15, -0.1) is 4.91 Å². The molecule has 2 aromatic carbocycles. The van der Waals surface area contributed by atoms with Gasteiger partial charge in [-0.1, -0.05) is 0 Å². The van der Waals surface area contributed by atoms with Crippen LogP contribution in [0.1, 0.15) is 10.4 Å². The SMILES string of the molecule is O=Cc1ccc(Oc2ccc(N=O)cc2)cc1. The lowest BCUT2D eigenvalue weighted by Gasteiger charge is -2.05. The maximum absolute atomic E-state index is 10.5. The van der Waals surface area contributed by atoms with Crippen molar-refractivity contribution in [1.29, 1.82) is 0 Å². The number of hydrogen-bond acceptors (Lipinski definition) is 4. The summed E-state index contributed by atoms with van der Waals surface area (Å²) < 4.78 is 5.52. The summed E-state index contributed by atoms with van der Waals surface area (Å²) in [5.41, 5.74) is 0.950. The van der Waals surface area contributed by atoms with Crippen molar-refractivity contribution in [2.75, 3.05) is 0 Å². The number of nitroso groups, excluding NO2 is 1. The zero-order valence-electron chi connectivity index (χ0n) is 8.87. The van der Waals surface area contributed by atoms with Gasteiger partial charge in [0, 0.05) is 5.56 Å². The molecule has 84 valence electrons. The summed E-state index contributed by atoms with van der Waals surface area (Å²) in [4.78, 5) is 20.7. The summed E-state index contributed by atoms with van der Waals surface area (Å²) in [6, 6.07) is 13.2. The number of benzene rings is 2. The molecule has 0 heterocycles. The molecule has 4 nitrogen and oxygen atoms in total. The normalized spacial score (nSPS) is 9.65. The smallest absolute Gasteiger partial charge is 0.150 e. The van der Waals surface area contributed by atoms with Crippen LogP contribution in [-0.2, 0) is 0 Å². The van der Waals surface area contributed by atoms with E-state index < -0.39 is 0 Å². The summed E-state index contributed by atoms with van der Waals surface area (Å²) in [6.45, 7) is 0. The number of aldehydes is 1. The number of carbonyl (C=O) groups excluding carboxylic acids is 1. The molecule has 0 aliphatic rings. The summed E-state index contributed by atoms with van der Waals surface area (Å²) in [5, 5.41) is 2.80. The molecule has 0 aliphatic heterocycles. The molecule has 2 rings (SSSR count). The number of carbonyl (C=O) groups is 1. The fourth-order valence-electron chi connectivity index (χ4n) is 1.33. The zero-order valence-corrected chi connectivity index (χ0v) is 8.87.